The Bertz CT molecular complexity index is 809. The first kappa shape index (κ1) is 13.0. The van der Waals surface area contributed by atoms with Crippen LogP contribution in [-0.4, -0.2) is 14.7 Å². The van der Waals surface area contributed by atoms with Gasteiger partial charge in [0.2, 0.25) is 5.89 Å². The molecule has 20 heavy (non-hydrogen) atoms. The van der Waals surface area contributed by atoms with Crippen molar-refractivity contribution in [2.75, 3.05) is 0 Å². The molecule has 0 atom stereocenters. The minimum absolute atomic E-state index is 0.0283. The molecule has 0 aliphatic heterocycles. The average Bonchev–Trinajstić information content (AvgIpc) is 3.00. The fourth-order valence-electron chi connectivity index (χ4n) is 1.89. The summed E-state index contributed by atoms with van der Waals surface area (Å²) < 4.78 is 7.85. The van der Waals surface area contributed by atoms with Crippen LogP contribution in [0.15, 0.2) is 33.0 Å². The van der Waals surface area contributed by atoms with Crippen molar-refractivity contribution in [2.24, 2.45) is 5.73 Å². The van der Waals surface area contributed by atoms with Gasteiger partial charge in [-0.1, -0.05) is 5.16 Å². The van der Waals surface area contributed by atoms with Gasteiger partial charge in [-0.3, -0.25) is 4.79 Å². The van der Waals surface area contributed by atoms with Gasteiger partial charge in [0.25, 0.3) is 0 Å². The van der Waals surface area contributed by atoms with Crippen molar-refractivity contribution >= 4 is 21.6 Å². The summed E-state index contributed by atoms with van der Waals surface area (Å²) in [5.74, 6) is 0.935. The van der Waals surface area contributed by atoms with E-state index in [0.717, 1.165) is 10.2 Å². The van der Waals surface area contributed by atoms with Crippen LogP contribution in [0, 0.1) is 0 Å². The van der Waals surface area contributed by atoms with Crippen molar-refractivity contribution in [3.8, 4) is 0 Å². The smallest absolute Gasteiger partial charge is 0.246 e. The molecular weight excluding hydrogens is 276 g/mol. The van der Waals surface area contributed by atoms with Gasteiger partial charge in [0.1, 0.15) is 6.54 Å². The molecule has 104 valence electrons. The van der Waals surface area contributed by atoms with E-state index in [-0.39, 0.29) is 5.43 Å². The highest BCUT2D eigenvalue weighted by molar-refractivity contribution is 7.17. The molecule has 3 aromatic rings. The third-order valence-electron chi connectivity index (χ3n) is 2.93. The minimum Gasteiger partial charge on any atom is -0.337 e. The summed E-state index contributed by atoms with van der Waals surface area (Å²) in [6.45, 7) is 4.05. The van der Waals surface area contributed by atoms with Gasteiger partial charge < -0.3 is 14.8 Å². The number of pyridine rings is 1. The molecule has 0 aromatic carbocycles. The summed E-state index contributed by atoms with van der Waals surface area (Å²) in [5, 5.41) is 5.78. The van der Waals surface area contributed by atoms with Crippen LogP contribution in [0.4, 0.5) is 0 Å². The SMILES string of the molecule is CC(C)(N)c1noc(Cn2ccc(=O)c3sccc32)n1. The summed E-state index contributed by atoms with van der Waals surface area (Å²) >= 11 is 1.43. The molecule has 0 saturated carbocycles. The maximum absolute atomic E-state index is 11.7. The molecule has 6 nitrogen and oxygen atoms in total. The quantitative estimate of drug-likeness (QED) is 0.793. The highest BCUT2D eigenvalue weighted by Gasteiger charge is 2.21. The molecule has 0 radical (unpaired) electrons. The maximum atomic E-state index is 11.7. The van der Waals surface area contributed by atoms with E-state index in [4.69, 9.17) is 10.3 Å². The van der Waals surface area contributed by atoms with Crippen LogP contribution in [0.3, 0.4) is 0 Å². The van der Waals surface area contributed by atoms with Crippen LogP contribution in [0.2, 0.25) is 0 Å². The van der Waals surface area contributed by atoms with E-state index < -0.39 is 5.54 Å². The first-order valence-electron chi connectivity index (χ1n) is 6.14. The predicted molar refractivity (Wildman–Crippen MR) is 76.7 cm³/mol. The topological polar surface area (TPSA) is 86.9 Å². The Kier molecular flexibility index (Phi) is 2.95. The van der Waals surface area contributed by atoms with E-state index in [1.54, 1.807) is 12.3 Å². The first-order valence-corrected chi connectivity index (χ1v) is 7.02. The zero-order chi connectivity index (χ0) is 14.3. The third kappa shape index (κ3) is 2.25. The summed E-state index contributed by atoms with van der Waals surface area (Å²) in [4.78, 5) is 16.0. The van der Waals surface area contributed by atoms with Crippen LogP contribution < -0.4 is 11.2 Å². The Labute approximate surface area is 118 Å². The van der Waals surface area contributed by atoms with Crippen LogP contribution in [0.25, 0.3) is 10.2 Å². The van der Waals surface area contributed by atoms with Crippen molar-refractivity contribution in [3.63, 3.8) is 0 Å². The number of thiophene rings is 1. The third-order valence-corrected chi connectivity index (χ3v) is 3.85. The molecule has 0 spiro atoms. The summed E-state index contributed by atoms with van der Waals surface area (Å²) in [5.41, 5.74) is 6.19. The number of fused-ring (bicyclic) bond motifs is 1. The molecule has 0 unspecified atom stereocenters. The normalized spacial score (nSPS) is 12.2. The molecule has 0 saturated heterocycles. The lowest BCUT2D eigenvalue weighted by Crippen LogP contribution is -2.30. The number of nitrogens with two attached hydrogens (primary N) is 1. The zero-order valence-corrected chi connectivity index (χ0v) is 12.0. The molecule has 3 heterocycles. The number of hydrogen-bond acceptors (Lipinski definition) is 6. The average molecular weight is 290 g/mol. The van der Waals surface area contributed by atoms with Crippen molar-refractivity contribution < 1.29 is 4.52 Å². The molecule has 0 fully saturated rings. The number of nitrogens with zero attached hydrogens (tertiary/aromatic N) is 3. The van der Waals surface area contributed by atoms with Crippen LogP contribution in [0.1, 0.15) is 25.6 Å². The summed E-state index contributed by atoms with van der Waals surface area (Å²) in [6, 6.07) is 3.45. The monoisotopic (exact) mass is 290 g/mol. The van der Waals surface area contributed by atoms with E-state index in [2.05, 4.69) is 10.1 Å². The van der Waals surface area contributed by atoms with E-state index in [1.807, 2.05) is 29.9 Å². The van der Waals surface area contributed by atoms with Gasteiger partial charge in [-0.25, -0.2) is 0 Å². The Morgan fingerprint density at radius 2 is 2.25 bits per heavy atom. The summed E-state index contributed by atoms with van der Waals surface area (Å²) in [6.07, 6.45) is 1.73. The Morgan fingerprint density at radius 3 is 2.95 bits per heavy atom. The largest absolute Gasteiger partial charge is 0.337 e. The predicted octanol–water partition coefficient (Wildman–Crippen LogP) is 1.69. The van der Waals surface area contributed by atoms with Gasteiger partial charge in [-0.2, -0.15) is 4.98 Å². The Hall–Kier alpha value is -1.99. The number of aromatic nitrogens is 3. The van der Waals surface area contributed by atoms with Gasteiger partial charge >= 0.3 is 0 Å². The second-order valence-electron chi connectivity index (χ2n) is 5.18. The fourth-order valence-corrected chi connectivity index (χ4v) is 2.71. The van der Waals surface area contributed by atoms with Crippen LogP contribution in [-0.2, 0) is 12.1 Å². The second kappa shape index (κ2) is 4.53. The lowest BCUT2D eigenvalue weighted by atomic mass is 10.1. The number of hydrogen-bond donors (Lipinski definition) is 1. The van der Waals surface area contributed by atoms with E-state index in [1.165, 1.54) is 11.3 Å². The van der Waals surface area contributed by atoms with Gasteiger partial charge in [0, 0.05) is 12.3 Å². The molecule has 0 aliphatic rings. The molecule has 3 rings (SSSR count). The van der Waals surface area contributed by atoms with Gasteiger partial charge in [0.05, 0.1) is 15.8 Å². The molecule has 7 heteroatoms. The van der Waals surface area contributed by atoms with Crippen molar-refractivity contribution in [3.05, 3.63) is 45.6 Å². The van der Waals surface area contributed by atoms with Crippen LogP contribution in [0.5, 0.6) is 0 Å². The maximum Gasteiger partial charge on any atom is 0.246 e. The Balaban J connectivity index is 1.98. The van der Waals surface area contributed by atoms with E-state index in [0.29, 0.717) is 18.3 Å². The van der Waals surface area contributed by atoms with Gasteiger partial charge in [0.15, 0.2) is 11.3 Å². The lowest BCUT2D eigenvalue weighted by molar-refractivity contribution is 0.356. The van der Waals surface area contributed by atoms with Crippen molar-refractivity contribution in [1.82, 2.24) is 14.7 Å². The molecule has 0 bridgehead atoms. The minimum atomic E-state index is -0.636. The molecule has 0 aliphatic carbocycles. The fraction of sp³-hybridized carbons (Fsp3) is 0.308. The summed E-state index contributed by atoms with van der Waals surface area (Å²) in [7, 11) is 0. The molecule has 3 aromatic heterocycles. The number of rotatable bonds is 3. The van der Waals surface area contributed by atoms with Crippen molar-refractivity contribution in [1.29, 1.82) is 0 Å². The van der Waals surface area contributed by atoms with Gasteiger partial charge in [-0.05, 0) is 25.3 Å². The van der Waals surface area contributed by atoms with E-state index in [9.17, 15) is 4.79 Å². The highest BCUT2D eigenvalue weighted by Crippen LogP contribution is 2.18. The molecule has 2 N–H and O–H groups in total. The lowest BCUT2D eigenvalue weighted by Gasteiger charge is -2.11. The van der Waals surface area contributed by atoms with E-state index >= 15 is 0 Å². The molecular formula is C13H14N4O2S. The molecule has 0 amide bonds. The first-order chi connectivity index (χ1) is 9.45. The Morgan fingerprint density at radius 1 is 1.45 bits per heavy atom. The second-order valence-corrected chi connectivity index (χ2v) is 6.09. The van der Waals surface area contributed by atoms with Crippen molar-refractivity contribution in [2.45, 2.75) is 25.9 Å². The highest BCUT2D eigenvalue weighted by atomic mass is 32.1. The zero-order valence-electron chi connectivity index (χ0n) is 11.2. The van der Waals surface area contributed by atoms with Crippen LogP contribution >= 0.6 is 11.3 Å². The van der Waals surface area contributed by atoms with Gasteiger partial charge in [-0.15, -0.1) is 11.3 Å². The standard InChI is InChI=1S/C13H14N4O2S/c1-13(2,14)12-15-10(19-16-12)7-17-5-3-9(18)11-8(17)4-6-20-11/h3-6H,7,14H2,1-2H3.